The van der Waals surface area contributed by atoms with E-state index >= 15 is 0 Å². The quantitative estimate of drug-likeness (QED) is 0.546. The van der Waals surface area contributed by atoms with E-state index < -0.39 is 11.4 Å². The molecule has 1 heterocycles. The van der Waals surface area contributed by atoms with Crippen LogP contribution in [0.25, 0.3) is 11.1 Å². The molecule has 0 bridgehead atoms. The van der Waals surface area contributed by atoms with E-state index in [0.717, 1.165) is 27.2 Å². The molecule has 29 heavy (non-hydrogen) atoms. The predicted octanol–water partition coefficient (Wildman–Crippen LogP) is 3.73. The predicted molar refractivity (Wildman–Crippen MR) is 110 cm³/mol. The molecule has 0 amide bonds. The van der Waals surface area contributed by atoms with Crippen LogP contribution in [0.1, 0.15) is 16.7 Å². The minimum atomic E-state index is -0.761. The van der Waals surface area contributed by atoms with Gasteiger partial charge in [0.1, 0.15) is 12.4 Å². The lowest BCUT2D eigenvalue weighted by Crippen LogP contribution is -2.17. The molecule has 146 valence electrons. The van der Waals surface area contributed by atoms with Gasteiger partial charge < -0.3 is 9.26 Å². The Labute approximate surface area is 167 Å². The van der Waals surface area contributed by atoms with Crippen molar-refractivity contribution in [2.24, 2.45) is 0 Å². The van der Waals surface area contributed by atoms with Gasteiger partial charge in [0.25, 0.3) is 0 Å². The summed E-state index contributed by atoms with van der Waals surface area (Å²) in [6, 6.07) is 23.9. The van der Waals surface area contributed by atoms with Crippen molar-refractivity contribution in [1.82, 2.24) is 9.72 Å². The van der Waals surface area contributed by atoms with Crippen LogP contribution >= 0.6 is 0 Å². The van der Waals surface area contributed by atoms with Gasteiger partial charge in [-0.1, -0.05) is 54.6 Å². The number of benzene rings is 3. The first-order chi connectivity index (χ1) is 14.1. The molecule has 0 aliphatic heterocycles. The van der Waals surface area contributed by atoms with Crippen molar-refractivity contribution in [1.29, 1.82) is 0 Å². The average Bonchev–Trinajstić information content (AvgIpc) is 3.05. The minimum Gasteiger partial charge on any atom is -0.489 e. The Morgan fingerprint density at radius 2 is 1.72 bits per heavy atom. The lowest BCUT2D eigenvalue weighted by atomic mass is 9.99. The van der Waals surface area contributed by atoms with Crippen LogP contribution in [0.3, 0.4) is 0 Å². The van der Waals surface area contributed by atoms with Crippen LogP contribution in [0.2, 0.25) is 0 Å². The molecule has 0 aliphatic carbocycles. The van der Waals surface area contributed by atoms with Gasteiger partial charge in [0.15, 0.2) is 0 Å². The minimum absolute atomic E-state index is 0.177. The Bertz CT molecular complexity index is 1230. The van der Waals surface area contributed by atoms with Crippen LogP contribution in [0.4, 0.5) is 0 Å². The molecule has 3 aromatic carbocycles. The van der Waals surface area contributed by atoms with Crippen LogP contribution in [-0.4, -0.2) is 9.72 Å². The maximum atomic E-state index is 11.5. The molecule has 0 atom stereocenters. The normalized spacial score (nSPS) is 10.8. The molecule has 1 N–H and O–H groups in total. The Morgan fingerprint density at radius 3 is 2.45 bits per heavy atom. The van der Waals surface area contributed by atoms with Crippen molar-refractivity contribution in [2.45, 2.75) is 20.1 Å². The summed E-state index contributed by atoms with van der Waals surface area (Å²) in [4.78, 5) is 24.6. The Morgan fingerprint density at radius 1 is 0.931 bits per heavy atom. The number of hydrogen-bond acceptors (Lipinski definition) is 4. The highest BCUT2D eigenvalue weighted by Gasteiger charge is 2.05. The number of aromatic nitrogens is 2. The molecule has 0 fully saturated rings. The van der Waals surface area contributed by atoms with E-state index in [1.165, 1.54) is 11.1 Å². The summed E-state index contributed by atoms with van der Waals surface area (Å²) >= 11 is 0. The fourth-order valence-corrected chi connectivity index (χ4v) is 3.17. The largest absolute Gasteiger partial charge is 0.489 e. The van der Waals surface area contributed by atoms with Gasteiger partial charge in [-0.15, -0.1) is 4.74 Å². The van der Waals surface area contributed by atoms with Crippen molar-refractivity contribution in [2.75, 3.05) is 0 Å². The lowest BCUT2D eigenvalue weighted by Gasteiger charge is -2.10. The van der Waals surface area contributed by atoms with Gasteiger partial charge in [-0.2, -0.15) is 0 Å². The number of rotatable bonds is 6. The number of nitrogens with one attached hydrogen (secondary N) is 1. The standard InChI is InChI=1S/C23H20N2O4/c1-16-5-2-3-8-21(16)19-7-4-6-18(13-19)15-28-20-11-9-17(10-12-20)14-25-22(26)24-23(27)29-25/h2-13H,14-15H2,1H3,(H,24,26,27). The van der Waals surface area contributed by atoms with E-state index in [1.807, 2.05) is 48.5 Å². The zero-order valence-electron chi connectivity index (χ0n) is 15.9. The van der Waals surface area contributed by atoms with Gasteiger partial charge in [-0.05, 0) is 52.9 Å². The number of aromatic amines is 1. The third-order valence-electron chi connectivity index (χ3n) is 4.67. The topological polar surface area (TPSA) is 77.2 Å². The molecule has 6 heteroatoms. The van der Waals surface area contributed by atoms with Crippen LogP contribution in [0, 0.1) is 6.92 Å². The number of nitrogens with zero attached hydrogens (tertiary/aromatic N) is 1. The van der Waals surface area contributed by atoms with Crippen molar-refractivity contribution >= 4 is 0 Å². The molecule has 0 spiro atoms. The number of hydrogen-bond donors (Lipinski definition) is 1. The third kappa shape index (κ3) is 4.38. The molecular formula is C23H20N2O4. The molecule has 6 nitrogen and oxygen atoms in total. The van der Waals surface area contributed by atoms with E-state index in [1.54, 1.807) is 0 Å². The zero-order chi connectivity index (χ0) is 20.2. The monoisotopic (exact) mass is 388 g/mol. The fourth-order valence-electron chi connectivity index (χ4n) is 3.17. The number of aryl methyl sites for hydroxylation is 1. The summed E-state index contributed by atoms with van der Waals surface area (Å²) in [5, 5.41) is 0. The van der Waals surface area contributed by atoms with E-state index in [0.29, 0.717) is 6.61 Å². The summed E-state index contributed by atoms with van der Waals surface area (Å²) in [7, 11) is 0. The molecule has 1 aromatic heterocycles. The van der Waals surface area contributed by atoms with Crippen molar-refractivity contribution in [3.05, 3.63) is 111 Å². The second kappa shape index (κ2) is 8.06. The molecule has 4 aromatic rings. The van der Waals surface area contributed by atoms with Crippen LogP contribution in [0.5, 0.6) is 5.75 Å². The molecule has 0 unspecified atom stereocenters. The maximum Gasteiger partial charge on any atom is 0.440 e. The highest BCUT2D eigenvalue weighted by atomic mass is 16.5. The Balaban J connectivity index is 1.42. The number of H-pyrrole nitrogens is 1. The van der Waals surface area contributed by atoms with Gasteiger partial charge in [-0.3, -0.25) is 0 Å². The van der Waals surface area contributed by atoms with Gasteiger partial charge in [0.05, 0.1) is 6.54 Å². The first kappa shape index (κ1) is 18.6. The van der Waals surface area contributed by atoms with Crippen LogP contribution in [-0.2, 0) is 13.2 Å². The van der Waals surface area contributed by atoms with E-state index in [2.05, 4.69) is 36.2 Å². The van der Waals surface area contributed by atoms with E-state index in [-0.39, 0.29) is 6.54 Å². The summed E-state index contributed by atoms with van der Waals surface area (Å²) in [6.07, 6.45) is 0. The molecule has 0 saturated heterocycles. The molecule has 4 rings (SSSR count). The van der Waals surface area contributed by atoms with Gasteiger partial charge >= 0.3 is 11.4 Å². The first-order valence-electron chi connectivity index (χ1n) is 9.25. The Hall–Kier alpha value is -3.80. The fraction of sp³-hybridized carbons (Fsp3) is 0.130. The van der Waals surface area contributed by atoms with E-state index in [4.69, 9.17) is 9.26 Å². The second-order valence-corrected chi connectivity index (χ2v) is 6.79. The molecule has 0 saturated carbocycles. The van der Waals surface area contributed by atoms with Gasteiger partial charge in [0.2, 0.25) is 0 Å². The average molecular weight is 388 g/mol. The summed E-state index contributed by atoms with van der Waals surface area (Å²) < 4.78 is 11.7. The lowest BCUT2D eigenvalue weighted by molar-refractivity contribution is 0.258. The van der Waals surface area contributed by atoms with Crippen LogP contribution in [0.15, 0.2) is 86.9 Å². The van der Waals surface area contributed by atoms with Crippen molar-refractivity contribution < 1.29 is 9.26 Å². The van der Waals surface area contributed by atoms with E-state index in [9.17, 15) is 9.59 Å². The van der Waals surface area contributed by atoms with Gasteiger partial charge in [0, 0.05) is 0 Å². The smallest absolute Gasteiger partial charge is 0.440 e. The zero-order valence-corrected chi connectivity index (χ0v) is 15.9. The summed E-state index contributed by atoms with van der Waals surface area (Å²) in [6.45, 7) is 2.73. The molecule has 0 aliphatic rings. The van der Waals surface area contributed by atoms with Crippen LogP contribution < -0.4 is 16.2 Å². The third-order valence-corrected chi connectivity index (χ3v) is 4.67. The second-order valence-electron chi connectivity index (χ2n) is 6.79. The SMILES string of the molecule is Cc1ccccc1-c1cccc(COc2ccc(Cn3oc(=O)[nH]c3=O)cc2)c1. The summed E-state index contributed by atoms with van der Waals surface area (Å²) in [5.74, 6) is -0.0409. The molecular weight excluding hydrogens is 368 g/mol. The van der Waals surface area contributed by atoms with Crippen molar-refractivity contribution in [3.8, 4) is 16.9 Å². The first-order valence-corrected chi connectivity index (χ1v) is 9.25. The molecule has 0 radical (unpaired) electrons. The van der Waals surface area contributed by atoms with Crippen molar-refractivity contribution in [3.63, 3.8) is 0 Å². The maximum absolute atomic E-state index is 11.5. The highest BCUT2D eigenvalue weighted by Crippen LogP contribution is 2.24. The highest BCUT2D eigenvalue weighted by molar-refractivity contribution is 5.67. The van der Waals surface area contributed by atoms with Gasteiger partial charge in [-0.25, -0.2) is 14.6 Å². The number of ether oxygens (including phenoxy) is 1. The Kier molecular flexibility index (Phi) is 5.16. The summed E-state index contributed by atoms with van der Waals surface area (Å²) in [5.41, 5.74) is 4.95.